The Morgan fingerprint density at radius 2 is 2.00 bits per heavy atom. The summed E-state index contributed by atoms with van der Waals surface area (Å²) in [6.45, 7) is 6.73. The number of nitrogens with two attached hydrogens (primary N) is 1. The highest BCUT2D eigenvalue weighted by Crippen LogP contribution is 2.23. The van der Waals surface area contributed by atoms with Crippen LogP contribution in [0.4, 0.5) is 5.82 Å². The lowest BCUT2D eigenvalue weighted by molar-refractivity contribution is 0.0405. The number of aliphatic hydroxyl groups is 1. The molecule has 0 aliphatic heterocycles. The van der Waals surface area contributed by atoms with Crippen LogP contribution in [0.3, 0.4) is 0 Å². The van der Waals surface area contributed by atoms with E-state index in [0.717, 1.165) is 29.6 Å². The molecule has 0 radical (unpaired) electrons. The minimum absolute atomic E-state index is 0.0196. The van der Waals surface area contributed by atoms with Crippen molar-refractivity contribution in [3.8, 4) is 12.8 Å². The number of aromatic nitrogens is 3. The molecule has 0 aliphatic carbocycles. The highest BCUT2D eigenvalue weighted by molar-refractivity contribution is 5.89. The van der Waals surface area contributed by atoms with Crippen molar-refractivity contribution in [3.05, 3.63) is 18.1 Å². The van der Waals surface area contributed by atoms with E-state index in [4.69, 9.17) is 15.6 Å². The first-order valence-electron chi connectivity index (χ1n) is 7.20. The Kier molecular flexibility index (Phi) is 9.59. The van der Waals surface area contributed by atoms with Crippen LogP contribution in [-0.2, 0) is 11.3 Å². The van der Waals surface area contributed by atoms with E-state index in [2.05, 4.69) is 22.8 Å². The highest BCUT2D eigenvalue weighted by atomic mass is 16.5. The van der Waals surface area contributed by atoms with Crippen LogP contribution in [0, 0.1) is 19.8 Å². The number of hydrogen-bond acceptors (Lipinski definition) is 5. The molecule has 6 heteroatoms. The second-order valence-corrected chi connectivity index (χ2v) is 4.29. The van der Waals surface area contributed by atoms with Gasteiger partial charge < -0.3 is 20.1 Å². The van der Waals surface area contributed by atoms with Gasteiger partial charge in [0.1, 0.15) is 17.8 Å². The normalized spacial score (nSPS) is 11.0. The number of nitrogens with zero attached hydrogens (tertiary/aromatic N) is 3. The maximum Gasteiger partial charge on any atom is 0.145 e. The Hall–Kier alpha value is -2.10. The second-order valence-electron chi connectivity index (χ2n) is 4.29. The summed E-state index contributed by atoms with van der Waals surface area (Å²) in [6.07, 6.45) is 12.0. The largest absolute Gasteiger partial charge is 0.394 e. The number of aliphatic hydroxyl groups excluding tert-OH is 1. The molecule has 0 fully saturated rings. The summed E-state index contributed by atoms with van der Waals surface area (Å²) in [4.78, 5) is 8.26. The molecule has 0 saturated heterocycles. The standard InChI is InChI=1S/C12H18N4O2.C2H6.C2H2/c1-8-5-16(4-3-9(6-17)18-2)12-10(8)11(13)14-7-15-12;2*1-2/h5,7,9,17H,3-4,6H2,1-2H3,(H2,13,14,15);1-2H3;1-2H. The molecule has 1 atom stereocenters. The maximum absolute atomic E-state index is 9.09. The van der Waals surface area contributed by atoms with Gasteiger partial charge in [-0.3, -0.25) is 0 Å². The Labute approximate surface area is 132 Å². The molecule has 2 aromatic rings. The average Bonchev–Trinajstić information content (AvgIpc) is 2.90. The van der Waals surface area contributed by atoms with Gasteiger partial charge in [0.2, 0.25) is 0 Å². The summed E-state index contributed by atoms with van der Waals surface area (Å²) in [7, 11) is 1.60. The van der Waals surface area contributed by atoms with Crippen LogP contribution >= 0.6 is 0 Å². The topological polar surface area (TPSA) is 86.2 Å². The monoisotopic (exact) mass is 306 g/mol. The lowest BCUT2D eigenvalue weighted by Gasteiger charge is -2.12. The van der Waals surface area contributed by atoms with E-state index in [1.165, 1.54) is 6.33 Å². The van der Waals surface area contributed by atoms with E-state index in [1.807, 2.05) is 31.5 Å². The number of anilines is 1. The predicted octanol–water partition coefficient (Wildman–Crippen LogP) is 1.99. The van der Waals surface area contributed by atoms with Gasteiger partial charge in [0.05, 0.1) is 18.1 Å². The molecule has 1 unspecified atom stereocenters. The molecule has 0 aromatic carbocycles. The van der Waals surface area contributed by atoms with Gasteiger partial charge in [-0.05, 0) is 18.9 Å². The Bertz CT molecular complexity index is 574. The Morgan fingerprint density at radius 1 is 1.36 bits per heavy atom. The van der Waals surface area contributed by atoms with Crippen molar-refractivity contribution in [1.29, 1.82) is 0 Å². The summed E-state index contributed by atoms with van der Waals surface area (Å²) < 4.78 is 7.16. The summed E-state index contributed by atoms with van der Waals surface area (Å²) in [5.74, 6) is 0.502. The van der Waals surface area contributed by atoms with Crippen molar-refractivity contribution in [2.75, 3.05) is 19.5 Å². The third-order valence-corrected chi connectivity index (χ3v) is 3.10. The first-order chi connectivity index (χ1) is 10.7. The fraction of sp³-hybridized carbons (Fsp3) is 0.500. The van der Waals surface area contributed by atoms with Crippen LogP contribution in [0.1, 0.15) is 25.8 Å². The number of fused-ring (bicyclic) bond motifs is 1. The lowest BCUT2D eigenvalue weighted by Crippen LogP contribution is -2.18. The van der Waals surface area contributed by atoms with E-state index in [1.54, 1.807) is 7.11 Å². The van der Waals surface area contributed by atoms with Gasteiger partial charge in [-0.1, -0.05) is 13.8 Å². The minimum atomic E-state index is -0.151. The van der Waals surface area contributed by atoms with E-state index in [0.29, 0.717) is 5.82 Å². The van der Waals surface area contributed by atoms with Crippen LogP contribution in [0.5, 0.6) is 0 Å². The molecule has 6 nitrogen and oxygen atoms in total. The first-order valence-corrected chi connectivity index (χ1v) is 7.20. The number of terminal acetylenes is 1. The molecule has 0 spiro atoms. The van der Waals surface area contributed by atoms with Crippen molar-refractivity contribution < 1.29 is 9.84 Å². The fourth-order valence-electron chi connectivity index (χ4n) is 2.08. The van der Waals surface area contributed by atoms with Crippen molar-refractivity contribution in [2.24, 2.45) is 0 Å². The smallest absolute Gasteiger partial charge is 0.145 e. The van der Waals surface area contributed by atoms with Gasteiger partial charge in [0.15, 0.2) is 0 Å². The zero-order chi connectivity index (χ0) is 17.1. The van der Waals surface area contributed by atoms with Crippen LogP contribution < -0.4 is 5.73 Å². The van der Waals surface area contributed by atoms with Crippen LogP contribution in [0.15, 0.2) is 12.5 Å². The molecule has 0 bridgehead atoms. The second kappa shape index (κ2) is 10.6. The van der Waals surface area contributed by atoms with Gasteiger partial charge in [0, 0.05) is 19.9 Å². The predicted molar refractivity (Wildman–Crippen MR) is 90.4 cm³/mol. The van der Waals surface area contributed by atoms with Crippen molar-refractivity contribution in [2.45, 2.75) is 39.8 Å². The zero-order valence-corrected chi connectivity index (χ0v) is 13.8. The average molecular weight is 306 g/mol. The number of aryl methyl sites for hydroxylation is 2. The number of ether oxygens (including phenoxy) is 1. The molecular weight excluding hydrogens is 280 g/mol. The first kappa shape index (κ1) is 19.9. The third kappa shape index (κ3) is 4.72. The quantitative estimate of drug-likeness (QED) is 0.825. The van der Waals surface area contributed by atoms with Crippen LogP contribution in [0.25, 0.3) is 11.0 Å². The number of rotatable bonds is 5. The van der Waals surface area contributed by atoms with Crippen molar-refractivity contribution >= 4 is 16.9 Å². The van der Waals surface area contributed by atoms with Gasteiger partial charge >= 0.3 is 0 Å². The molecule has 2 aromatic heterocycles. The minimum Gasteiger partial charge on any atom is -0.394 e. The number of methoxy groups -OCH3 is 1. The van der Waals surface area contributed by atoms with Crippen molar-refractivity contribution in [3.63, 3.8) is 0 Å². The van der Waals surface area contributed by atoms with Gasteiger partial charge in [0.25, 0.3) is 0 Å². The Balaban J connectivity index is 0.00000102. The molecule has 122 valence electrons. The molecular formula is C16H26N4O2. The fourth-order valence-corrected chi connectivity index (χ4v) is 2.08. The van der Waals surface area contributed by atoms with Gasteiger partial charge in [-0.15, -0.1) is 12.8 Å². The molecule has 2 heterocycles. The molecule has 22 heavy (non-hydrogen) atoms. The summed E-state index contributed by atoms with van der Waals surface area (Å²) in [6, 6.07) is 0. The van der Waals surface area contributed by atoms with E-state index in [-0.39, 0.29) is 12.7 Å². The third-order valence-electron chi connectivity index (χ3n) is 3.10. The molecule has 2 rings (SSSR count). The lowest BCUT2D eigenvalue weighted by atomic mass is 10.2. The highest BCUT2D eigenvalue weighted by Gasteiger charge is 2.12. The SMILES string of the molecule is C#C.CC.COC(CO)CCn1cc(C)c2c(N)ncnc21. The number of nitrogen functional groups attached to an aromatic ring is 1. The van der Waals surface area contributed by atoms with Crippen molar-refractivity contribution in [1.82, 2.24) is 14.5 Å². The molecule has 0 aliphatic rings. The van der Waals surface area contributed by atoms with E-state index < -0.39 is 0 Å². The maximum atomic E-state index is 9.09. The summed E-state index contributed by atoms with van der Waals surface area (Å²) in [5.41, 5.74) is 7.73. The molecule has 0 saturated carbocycles. The van der Waals surface area contributed by atoms with Gasteiger partial charge in [-0.2, -0.15) is 0 Å². The van der Waals surface area contributed by atoms with Crippen LogP contribution in [-0.4, -0.2) is 39.5 Å². The summed E-state index contributed by atoms with van der Waals surface area (Å²) >= 11 is 0. The van der Waals surface area contributed by atoms with Gasteiger partial charge in [-0.25, -0.2) is 9.97 Å². The molecule has 0 amide bonds. The van der Waals surface area contributed by atoms with E-state index in [9.17, 15) is 0 Å². The zero-order valence-electron chi connectivity index (χ0n) is 13.8. The number of hydrogen-bond donors (Lipinski definition) is 2. The van der Waals surface area contributed by atoms with E-state index >= 15 is 0 Å². The molecule has 3 N–H and O–H groups in total. The Morgan fingerprint density at radius 3 is 2.55 bits per heavy atom. The van der Waals surface area contributed by atoms with Crippen LogP contribution in [0.2, 0.25) is 0 Å². The summed E-state index contributed by atoms with van der Waals surface area (Å²) in [5, 5.41) is 9.99.